The number of nitrogens with zero attached hydrogens (tertiary/aromatic N) is 5. The Morgan fingerprint density at radius 3 is 2.58 bits per heavy atom. The topological polar surface area (TPSA) is 137 Å². The largest absolute Gasteiger partial charge is 0.495 e. The highest BCUT2D eigenvalue weighted by Gasteiger charge is 2.40. The van der Waals surface area contributed by atoms with E-state index in [2.05, 4.69) is 36.0 Å². The van der Waals surface area contributed by atoms with E-state index in [9.17, 15) is 18.0 Å². The standard InChI is InChI=1S/C28H27F3N8O4/c1-32-25(40)23-21-6-5-19(35-23)17-8-34-39(10-17)12-27(14-43-15-27)13-42-11-16-3-4-20(22(7-16)41-2)37-26-33-9-18(28(29,30)31)24(36-21)38-26/h3-10H,11-15H2,1-2H3,(H,32,40)(H2,33,36,37,38). The van der Waals surface area contributed by atoms with E-state index in [1.165, 1.54) is 20.2 Å². The molecule has 3 aromatic heterocycles. The molecule has 5 aliphatic rings. The van der Waals surface area contributed by atoms with E-state index in [4.69, 9.17) is 14.2 Å². The van der Waals surface area contributed by atoms with E-state index in [-0.39, 0.29) is 22.7 Å². The summed E-state index contributed by atoms with van der Waals surface area (Å²) in [6.07, 6.45) is -0.720. The number of benzene rings is 1. The van der Waals surface area contributed by atoms with Crippen LogP contribution in [0.2, 0.25) is 0 Å². The zero-order chi connectivity index (χ0) is 30.2. The summed E-state index contributed by atoms with van der Waals surface area (Å²) in [5, 5.41) is 12.5. The molecule has 15 heteroatoms. The van der Waals surface area contributed by atoms with Crippen molar-refractivity contribution in [3.63, 3.8) is 0 Å². The number of hydrogen-bond acceptors (Lipinski definition) is 10. The SMILES string of the molecule is CNC(=O)c1nc2ccc1Nc1nc(ncc1C(F)(F)F)Nc1ccc(cc1OC)COCC1(COC1)Cn1cc-2cn1. The van der Waals surface area contributed by atoms with Crippen molar-refractivity contribution in [1.29, 1.82) is 0 Å². The second-order valence-corrected chi connectivity index (χ2v) is 10.3. The molecule has 0 radical (unpaired) electrons. The van der Waals surface area contributed by atoms with Crippen LogP contribution in [-0.4, -0.2) is 64.6 Å². The van der Waals surface area contributed by atoms with Gasteiger partial charge in [0.25, 0.3) is 5.91 Å². The van der Waals surface area contributed by atoms with Crippen molar-refractivity contribution >= 4 is 29.0 Å². The number of methoxy groups -OCH3 is 1. The van der Waals surface area contributed by atoms with Crippen LogP contribution >= 0.6 is 0 Å². The van der Waals surface area contributed by atoms with Crippen molar-refractivity contribution in [2.75, 3.05) is 44.6 Å². The van der Waals surface area contributed by atoms with E-state index in [1.807, 2.05) is 6.07 Å². The van der Waals surface area contributed by atoms with E-state index in [1.54, 1.807) is 35.3 Å². The molecular weight excluding hydrogens is 569 g/mol. The smallest absolute Gasteiger partial charge is 0.421 e. The first-order valence-electron chi connectivity index (χ1n) is 13.2. The Bertz CT molecular complexity index is 1670. The summed E-state index contributed by atoms with van der Waals surface area (Å²) >= 11 is 0. The highest BCUT2D eigenvalue weighted by Crippen LogP contribution is 2.37. The third-order valence-corrected chi connectivity index (χ3v) is 7.12. The van der Waals surface area contributed by atoms with Crippen molar-refractivity contribution in [3.05, 3.63) is 65.7 Å². The Morgan fingerprint density at radius 2 is 1.86 bits per heavy atom. The fraction of sp³-hybridized carbons (Fsp3) is 0.321. The minimum atomic E-state index is -4.79. The second-order valence-electron chi connectivity index (χ2n) is 10.3. The monoisotopic (exact) mass is 596 g/mol. The van der Waals surface area contributed by atoms with Gasteiger partial charge in [-0.15, -0.1) is 0 Å². The summed E-state index contributed by atoms with van der Waals surface area (Å²) < 4.78 is 60.9. The summed E-state index contributed by atoms with van der Waals surface area (Å²) in [5.74, 6) is -0.893. The van der Waals surface area contributed by atoms with Crippen molar-refractivity contribution in [2.24, 2.45) is 5.41 Å². The first-order valence-corrected chi connectivity index (χ1v) is 13.2. The fourth-order valence-corrected chi connectivity index (χ4v) is 4.86. The number of halogens is 3. The number of anilines is 4. The minimum absolute atomic E-state index is 0.0150. The van der Waals surface area contributed by atoms with E-state index in [0.29, 0.717) is 61.9 Å². The highest BCUT2D eigenvalue weighted by molar-refractivity contribution is 5.98. The Hall–Kier alpha value is -4.76. The molecule has 9 rings (SSSR count). The number of pyridine rings is 1. The van der Waals surface area contributed by atoms with Crippen LogP contribution in [0.4, 0.5) is 36.3 Å². The third kappa shape index (κ3) is 5.81. The van der Waals surface area contributed by atoms with Crippen LogP contribution in [0.1, 0.15) is 21.6 Å². The molecule has 1 fully saturated rings. The fourth-order valence-electron chi connectivity index (χ4n) is 4.86. The van der Waals surface area contributed by atoms with Gasteiger partial charge in [-0.1, -0.05) is 6.07 Å². The average molecular weight is 597 g/mol. The van der Waals surface area contributed by atoms with Gasteiger partial charge < -0.3 is 30.2 Å². The van der Waals surface area contributed by atoms with Crippen LogP contribution in [0, 0.1) is 5.41 Å². The molecule has 3 N–H and O–H groups in total. The van der Waals surface area contributed by atoms with Gasteiger partial charge in [0, 0.05) is 25.0 Å². The summed E-state index contributed by atoms with van der Waals surface area (Å²) in [6, 6.07) is 8.33. The molecule has 1 amide bonds. The van der Waals surface area contributed by atoms with Crippen molar-refractivity contribution in [3.8, 4) is 17.0 Å². The molecule has 0 aliphatic carbocycles. The third-order valence-electron chi connectivity index (χ3n) is 7.12. The van der Waals surface area contributed by atoms with Crippen LogP contribution in [0.5, 0.6) is 5.75 Å². The molecule has 8 bridgehead atoms. The van der Waals surface area contributed by atoms with E-state index >= 15 is 0 Å². The maximum absolute atomic E-state index is 14.0. The molecule has 43 heavy (non-hydrogen) atoms. The number of aromatic nitrogens is 5. The molecule has 1 spiro atoms. The lowest BCUT2D eigenvalue weighted by Crippen LogP contribution is -2.49. The second kappa shape index (κ2) is 11.1. The molecule has 0 saturated carbocycles. The zero-order valence-electron chi connectivity index (χ0n) is 23.2. The molecule has 5 aliphatic heterocycles. The van der Waals surface area contributed by atoms with Crippen molar-refractivity contribution in [2.45, 2.75) is 19.3 Å². The molecule has 4 aromatic rings. The minimum Gasteiger partial charge on any atom is -0.495 e. The Kier molecular flexibility index (Phi) is 7.35. The maximum Gasteiger partial charge on any atom is 0.421 e. The van der Waals surface area contributed by atoms with Crippen LogP contribution in [-0.2, 0) is 28.8 Å². The number of amides is 1. The lowest BCUT2D eigenvalue weighted by Gasteiger charge is -2.41. The van der Waals surface area contributed by atoms with Gasteiger partial charge in [0.1, 0.15) is 17.1 Å². The molecule has 0 atom stereocenters. The Morgan fingerprint density at radius 1 is 1.07 bits per heavy atom. The van der Waals surface area contributed by atoms with Crippen molar-refractivity contribution < 1.29 is 32.2 Å². The van der Waals surface area contributed by atoms with Gasteiger partial charge in [-0.05, 0) is 29.8 Å². The lowest BCUT2D eigenvalue weighted by molar-refractivity contribution is -0.159. The quantitative estimate of drug-likeness (QED) is 0.309. The average Bonchev–Trinajstić information content (AvgIpc) is 3.43. The molecule has 0 unspecified atom stereocenters. The van der Waals surface area contributed by atoms with Crippen LogP contribution in [0.15, 0.2) is 48.9 Å². The van der Waals surface area contributed by atoms with Gasteiger partial charge in [-0.25, -0.2) is 9.97 Å². The summed E-state index contributed by atoms with van der Waals surface area (Å²) in [6.45, 7) is 2.26. The van der Waals surface area contributed by atoms with Crippen LogP contribution in [0.3, 0.4) is 0 Å². The van der Waals surface area contributed by atoms with Gasteiger partial charge in [0.05, 0.1) is 68.8 Å². The molecule has 12 nitrogen and oxygen atoms in total. The van der Waals surface area contributed by atoms with Gasteiger partial charge in [0.2, 0.25) is 5.95 Å². The molecular formula is C28H27F3N8O4. The van der Waals surface area contributed by atoms with Crippen LogP contribution in [0.25, 0.3) is 11.3 Å². The van der Waals surface area contributed by atoms with Gasteiger partial charge in [-0.2, -0.15) is 23.3 Å². The summed E-state index contributed by atoms with van der Waals surface area (Å²) in [4.78, 5) is 25.3. The normalized spacial score (nSPS) is 16.0. The molecule has 1 aromatic carbocycles. The number of ether oxygens (including phenoxy) is 3. The Balaban J connectivity index is 1.47. The maximum atomic E-state index is 14.0. The predicted molar refractivity (Wildman–Crippen MR) is 148 cm³/mol. The number of carbonyl (C=O) groups is 1. The van der Waals surface area contributed by atoms with Gasteiger partial charge >= 0.3 is 6.18 Å². The Labute approximate surface area is 243 Å². The molecule has 1 saturated heterocycles. The van der Waals surface area contributed by atoms with Gasteiger partial charge in [-0.3, -0.25) is 9.48 Å². The zero-order valence-corrected chi connectivity index (χ0v) is 23.2. The van der Waals surface area contributed by atoms with E-state index < -0.39 is 23.5 Å². The van der Waals surface area contributed by atoms with Crippen molar-refractivity contribution in [1.82, 2.24) is 30.0 Å². The molecule has 224 valence electrons. The number of nitrogens with one attached hydrogen (secondary N) is 3. The lowest BCUT2D eigenvalue weighted by atomic mass is 9.87. The molecule has 8 heterocycles. The number of rotatable bonds is 2. The van der Waals surface area contributed by atoms with E-state index in [0.717, 1.165) is 5.56 Å². The number of carbonyl (C=O) groups excluding carboxylic acids is 1. The number of alkyl halides is 3. The summed E-state index contributed by atoms with van der Waals surface area (Å²) in [7, 11) is 2.88. The number of hydrogen-bond donors (Lipinski definition) is 3. The highest BCUT2D eigenvalue weighted by atomic mass is 19.4. The van der Waals surface area contributed by atoms with Gasteiger partial charge in [0.15, 0.2) is 5.69 Å². The first kappa shape index (κ1) is 28.4. The first-order chi connectivity index (χ1) is 20.7. The predicted octanol–water partition coefficient (Wildman–Crippen LogP) is 4.16. The van der Waals surface area contributed by atoms with Crippen LogP contribution < -0.4 is 20.7 Å². The summed E-state index contributed by atoms with van der Waals surface area (Å²) in [5.41, 5.74) is 0.767.